The number of carbonyl (C=O) groups is 1. The van der Waals surface area contributed by atoms with Gasteiger partial charge in [0, 0.05) is 17.4 Å². The molecule has 2 heterocycles. The molecule has 0 fully saturated rings. The quantitative estimate of drug-likeness (QED) is 0.304. The molecule has 5 aromatic rings. The Morgan fingerprint density at radius 2 is 1.49 bits per heavy atom. The topological polar surface area (TPSA) is 119 Å². The van der Waals surface area contributed by atoms with Crippen molar-refractivity contribution >= 4 is 39.0 Å². The molecular weight excluding hydrogens is 512 g/mol. The van der Waals surface area contributed by atoms with Gasteiger partial charge in [-0.05, 0) is 48.5 Å². The molecule has 0 spiro atoms. The molecule has 0 atom stereocenters. The first-order chi connectivity index (χ1) is 17.9. The minimum atomic E-state index is -3.92. The summed E-state index contributed by atoms with van der Waals surface area (Å²) >= 11 is 5.69. The van der Waals surface area contributed by atoms with E-state index < -0.39 is 10.0 Å². The largest absolute Gasteiger partial charge is 0.322 e. The number of hydrogen-bond acceptors (Lipinski definition) is 6. The van der Waals surface area contributed by atoms with E-state index in [2.05, 4.69) is 25.3 Å². The van der Waals surface area contributed by atoms with Crippen molar-refractivity contribution in [3.8, 4) is 16.9 Å². The van der Waals surface area contributed by atoms with E-state index in [0.717, 1.165) is 11.3 Å². The second-order valence-corrected chi connectivity index (χ2v) is 9.93. The fraction of sp³-hybridized carbons (Fsp3) is 0. The van der Waals surface area contributed by atoms with E-state index in [1.54, 1.807) is 10.9 Å². The second-order valence-electron chi connectivity index (χ2n) is 7.86. The Bertz CT molecular complexity index is 1640. The Labute approximate surface area is 217 Å². The van der Waals surface area contributed by atoms with Crippen molar-refractivity contribution in [3.63, 3.8) is 0 Å². The number of carbonyl (C=O) groups excluding carboxylic acids is 1. The number of hydrogen-bond donors (Lipinski definition) is 2. The maximum absolute atomic E-state index is 13.3. The average Bonchev–Trinajstić information content (AvgIpc) is 3.37. The second kappa shape index (κ2) is 10.2. The highest BCUT2D eigenvalue weighted by Crippen LogP contribution is 2.25. The Kier molecular flexibility index (Phi) is 6.67. The molecule has 0 aliphatic rings. The molecule has 0 saturated heterocycles. The summed E-state index contributed by atoms with van der Waals surface area (Å²) < 4.78 is 29.3. The summed E-state index contributed by atoms with van der Waals surface area (Å²) in [6.07, 6.45) is 1.67. The number of anilines is 2. The molecule has 0 saturated carbocycles. The molecule has 9 nitrogen and oxygen atoms in total. The van der Waals surface area contributed by atoms with Gasteiger partial charge in [0.05, 0.1) is 16.1 Å². The van der Waals surface area contributed by atoms with Crippen LogP contribution in [0.25, 0.3) is 16.9 Å². The zero-order valence-corrected chi connectivity index (χ0v) is 20.7. The van der Waals surface area contributed by atoms with E-state index in [0.29, 0.717) is 16.9 Å². The molecule has 2 N–H and O–H groups in total. The summed E-state index contributed by atoms with van der Waals surface area (Å²) in [6.45, 7) is 0. The van der Waals surface area contributed by atoms with Gasteiger partial charge < -0.3 is 5.32 Å². The van der Waals surface area contributed by atoms with Crippen LogP contribution in [-0.2, 0) is 10.0 Å². The van der Waals surface area contributed by atoms with Crippen molar-refractivity contribution in [2.24, 2.45) is 0 Å². The highest BCUT2D eigenvalue weighted by Gasteiger charge is 2.20. The zero-order valence-electron chi connectivity index (χ0n) is 19.1. The van der Waals surface area contributed by atoms with Crippen molar-refractivity contribution in [1.29, 1.82) is 0 Å². The lowest BCUT2D eigenvalue weighted by atomic mass is 10.1. The molecule has 37 heavy (non-hydrogen) atoms. The van der Waals surface area contributed by atoms with Gasteiger partial charge in [-0.1, -0.05) is 60.1 Å². The first-order valence-corrected chi connectivity index (χ1v) is 12.9. The minimum absolute atomic E-state index is 0.0101. The van der Waals surface area contributed by atoms with Gasteiger partial charge >= 0.3 is 0 Å². The molecule has 0 aliphatic carbocycles. The first kappa shape index (κ1) is 24.2. The van der Waals surface area contributed by atoms with E-state index >= 15 is 0 Å². The number of aromatic nitrogens is 4. The Morgan fingerprint density at radius 3 is 2.14 bits per heavy atom. The number of sulfonamides is 1. The van der Waals surface area contributed by atoms with Crippen LogP contribution in [0, 0.1) is 0 Å². The predicted molar refractivity (Wildman–Crippen MR) is 141 cm³/mol. The normalized spacial score (nSPS) is 11.2. The number of para-hydroxylation sites is 1. The van der Waals surface area contributed by atoms with Crippen molar-refractivity contribution in [3.05, 3.63) is 114 Å². The molecule has 184 valence electrons. The number of halogens is 1. The van der Waals surface area contributed by atoms with Crippen LogP contribution in [0.1, 0.15) is 10.4 Å². The summed E-state index contributed by atoms with van der Waals surface area (Å²) in [6, 6.07) is 27.5. The molecule has 0 bridgehead atoms. The molecular formula is C26H19ClN6O3S. The molecule has 3 aromatic carbocycles. The fourth-order valence-corrected chi connectivity index (χ4v) is 4.64. The number of nitrogens with zero attached hydrogens (tertiary/aromatic N) is 4. The maximum Gasteiger partial charge on any atom is 0.263 e. The third-order valence-corrected chi connectivity index (χ3v) is 6.89. The summed E-state index contributed by atoms with van der Waals surface area (Å²) in [4.78, 5) is 13.3. The van der Waals surface area contributed by atoms with Crippen molar-refractivity contribution in [2.45, 2.75) is 4.90 Å². The van der Waals surface area contributed by atoms with Crippen molar-refractivity contribution in [2.75, 3.05) is 10.0 Å². The molecule has 2 aromatic heterocycles. The fourth-order valence-electron chi connectivity index (χ4n) is 3.55. The van der Waals surface area contributed by atoms with Crippen LogP contribution in [0.5, 0.6) is 0 Å². The summed E-state index contributed by atoms with van der Waals surface area (Å²) in [7, 11) is -3.92. The lowest BCUT2D eigenvalue weighted by Crippen LogP contribution is -2.15. The van der Waals surface area contributed by atoms with Gasteiger partial charge in [0.25, 0.3) is 15.9 Å². The average molecular weight is 531 g/mol. The van der Waals surface area contributed by atoms with E-state index in [4.69, 9.17) is 11.6 Å². The highest BCUT2D eigenvalue weighted by atomic mass is 35.5. The van der Waals surface area contributed by atoms with Crippen molar-refractivity contribution in [1.82, 2.24) is 20.0 Å². The predicted octanol–water partition coefficient (Wildman–Crippen LogP) is 5.04. The third-order valence-electron chi connectivity index (χ3n) is 5.32. The van der Waals surface area contributed by atoms with Gasteiger partial charge in [-0.3, -0.25) is 9.52 Å². The van der Waals surface area contributed by atoms with E-state index in [1.165, 1.54) is 36.4 Å². The van der Waals surface area contributed by atoms with Crippen LogP contribution < -0.4 is 10.0 Å². The van der Waals surface area contributed by atoms with Crippen LogP contribution in [0.15, 0.2) is 108 Å². The molecule has 0 radical (unpaired) electrons. The summed E-state index contributed by atoms with van der Waals surface area (Å²) in [5.74, 6) is -0.350. The van der Waals surface area contributed by atoms with Crippen LogP contribution in [0.3, 0.4) is 0 Å². The number of benzene rings is 3. The van der Waals surface area contributed by atoms with Crippen molar-refractivity contribution < 1.29 is 13.2 Å². The number of rotatable bonds is 7. The molecule has 0 unspecified atom stereocenters. The molecule has 11 heteroatoms. The maximum atomic E-state index is 13.3. The van der Waals surface area contributed by atoms with Gasteiger partial charge in [0.15, 0.2) is 11.0 Å². The van der Waals surface area contributed by atoms with Crippen LogP contribution in [0.4, 0.5) is 11.5 Å². The monoisotopic (exact) mass is 530 g/mol. The molecule has 5 rings (SSSR count). The smallest absolute Gasteiger partial charge is 0.263 e. The Hall–Kier alpha value is -4.54. The Balaban J connectivity index is 1.39. The standard InChI is InChI=1S/C26H19ClN6O3S/c27-23-15-16-24(30-29-23)32-37(35,36)21-13-11-19(12-14-21)28-26(34)22-17-33(20-9-5-2-6-10-20)31-25(22)18-7-3-1-4-8-18/h1-17H,(H,28,34)(H,30,32). The summed E-state index contributed by atoms with van der Waals surface area (Å²) in [5, 5.41) is 14.9. The lowest BCUT2D eigenvalue weighted by molar-refractivity contribution is 0.102. The highest BCUT2D eigenvalue weighted by molar-refractivity contribution is 7.92. The van der Waals surface area contributed by atoms with Gasteiger partial charge in [-0.25, -0.2) is 13.1 Å². The Morgan fingerprint density at radius 1 is 0.811 bits per heavy atom. The van der Waals surface area contributed by atoms with E-state index in [9.17, 15) is 13.2 Å². The van der Waals surface area contributed by atoms with Gasteiger partial charge in [-0.15, -0.1) is 10.2 Å². The molecule has 0 aliphatic heterocycles. The third kappa shape index (κ3) is 5.50. The van der Waals surface area contributed by atoms with Crippen LogP contribution in [0.2, 0.25) is 5.15 Å². The SMILES string of the molecule is O=C(Nc1ccc(S(=O)(=O)Nc2ccc(Cl)nn2)cc1)c1cn(-c2ccccc2)nc1-c1ccccc1. The van der Waals surface area contributed by atoms with Crippen LogP contribution in [-0.4, -0.2) is 34.3 Å². The van der Waals surface area contributed by atoms with E-state index in [1.807, 2.05) is 60.7 Å². The number of nitrogens with one attached hydrogen (secondary N) is 2. The zero-order chi connectivity index (χ0) is 25.8. The van der Waals surface area contributed by atoms with Gasteiger partial charge in [0.1, 0.15) is 5.69 Å². The van der Waals surface area contributed by atoms with E-state index in [-0.39, 0.29) is 21.8 Å². The first-order valence-electron chi connectivity index (χ1n) is 11.0. The summed E-state index contributed by atoms with van der Waals surface area (Å²) in [5.41, 5.74) is 2.91. The van der Waals surface area contributed by atoms with Crippen LogP contribution >= 0.6 is 11.6 Å². The lowest BCUT2D eigenvalue weighted by Gasteiger charge is -2.09. The molecule has 1 amide bonds. The van der Waals surface area contributed by atoms with Gasteiger partial charge in [-0.2, -0.15) is 5.10 Å². The van der Waals surface area contributed by atoms with Gasteiger partial charge in [0.2, 0.25) is 0 Å². The minimum Gasteiger partial charge on any atom is -0.322 e. The number of amides is 1.